The van der Waals surface area contributed by atoms with Crippen LogP contribution < -0.4 is 31.6 Å². The van der Waals surface area contributed by atoms with Crippen LogP contribution in [0, 0.1) is 11.6 Å². The molecular weight excluding hydrogens is 690 g/mol. The number of carbonyl (C=O) groups excluding carboxylic acids is 4. The van der Waals surface area contributed by atoms with Crippen LogP contribution in [0.3, 0.4) is 0 Å². The number of benzene rings is 2. The van der Waals surface area contributed by atoms with Gasteiger partial charge in [-0.25, -0.2) is 23.0 Å². The fourth-order valence-electron chi connectivity index (χ4n) is 5.01. The Morgan fingerprint density at radius 1 is 1.10 bits per heavy atom. The van der Waals surface area contributed by atoms with E-state index in [9.17, 15) is 32.2 Å². The number of carbonyl (C=O) groups is 4. The monoisotopic (exact) mass is 730 g/mol. The first-order valence-electron chi connectivity index (χ1n) is 15.9. The van der Waals surface area contributed by atoms with Gasteiger partial charge in [-0.2, -0.15) is 4.36 Å². The summed E-state index contributed by atoms with van der Waals surface area (Å²) in [6, 6.07) is 4.99. The average molecular weight is 731 g/mol. The van der Waals surface area contributed by atoms with E-state index in [1.807, 2.05) is 0 Å². The molecule has 4 rings (SSSR count). The number of nitrogens with two attached hydrogens (primary N) is 2. The van der Waals surface area contributed by atoms with Crippen molar-refractivity contribution < 1.29 is 41.6 Å². The summed E-state index contributed by atoms with van der Waals surface area (Å²) in [6.07, 6.45) is 2.61. The number of nitrogens with zero attached hydrogens (tertiary/aromatic N) is 4. The van der Waals surface area contributed by atoms with Crippen molar-refractivity contribution in [2.45, 2.75) is 57.0 Å². The van der Waals surface area contributed by atoms with E-state index in [2.05, 4.69) is 25.0 Å². The van der Waals surface area contributed by atoms with Crippen molar-refractivity contribution >= 4 is 45.0 Å². The minimum Gasteiger partial charge on any atom is -0.494 e. The standard InChI is InChI=1S/C33H40F2N8O7S/c1-18(36)32(47)43(3)19(2)30(45)40-26(15-28(37)44)31(46)42-51(4,48)17-20-11-22-14-23(12-20)49-9-5-6-10-50-27-13-21(34)7-8-24(27)29-25(35)16-38-33(39-22)41-29/h7-8,11-14,16,18-19,26H,5-6,9-10,15,17,36H2,1-4H3,(H2,37,44)(H,40,45)(H,38,39,41)/t18-,19-,26-,51-/m0/s1. The average Bonchev–Trinajstić information content (AvgIpc) is 3.05. The zero-order chi connectivity index (χ0) is 37.5. The molecule has 274 valence electrons. The Kier molecular flexibility index (Phi) is 12.6. The van der Waals surface area contributed by atoms with Crippen molar-refractivity contribution in [3.63, 3.8) is 0 Å². The van der Waals surface area contributed by atoms with Gasteiger partial charge < -0.3 is 36.5 Å². The molecule has 2 heterocycles. The van der Waals surface area contributed by atoms with Crippen molar-refractivity contribution in [2.75, 3.05) is 31.8 Å². The number of fused-ring (bicyclic) bond motifs is 6. The highest BCUT2D eigenvalue weighted by Gasteiger charge is 2.30. The molecule has 0 saturated heterocycles. The topological polar surface area (TPSA) is 221 Å². The Labute approximate surface area is 293 Å². The number of halogens is 2. The van der Waals surface area contributed by atoms with Gasteiger partial charge in [-0.05, 0) is 56.5 Å². The van der Waals surface area contributed by atoms with Crippen LogP contribution in [0.5, 0.6) is 11.5 Å². The number of anilines is 2. The highest BCUT2D eigenvalue weighted by Crippen LogP contribution is 2.33. The van der Waals surface area contributed by atoms with Crippen LogP contribution in [0.1, 0.15) is 38.7 Å². The minimum absolute atomic E-state index is 0.0238. The summed E-state index contributed by atoms with van der Waals surface area (Å²) in [5.41, 5.74) is 11.8. The van der Waals surface area contributed by atoms with E-state index < -0.39 is 69.5 Å². The highest BCUT2D eigenvalue weighted by atomic mass is 32.2. The van der Waals surface area contributed by atoms with Crippen LogP contribution in [-0.4, -0.2) is 87.3 Å². The molecule has 6 N–H and O–H groups in total. The maximum Gasteiger partial charge on any atom is 0.276 e. The molecule has 1 aromatic heterocycles. The van der Waals surface area contributed by atoms with Gasteiger partial charge >= 0.3 is 0 Å². The first kappa shape index (κ1) is 38.6. The SMILES string of the molecule is C[C@H](N)C(=O)N(C)[C@@H](C)C(=O)N[C@@H](CC(N)=O)C(=O)N=[S@@](C)(=O)Cc1cc2cc(c1)OCCCCOc1cc(F)ccc1-c1nc(ncc1F)N2. The fourth-order valence-corrected chi connectivity index (χ4v) is 6.37. The van der Waals surface area contributed by atoms with E-state index >= 15 is 0 Å². The molecule has 0 spiro atoms. The molecule has 51 heavy (non-hydrogen) atoms. The quantitative estimate of drug-likeness (QED) is 0.250. The molecule has 0 aliphatic carbocycles. The molecule has 2 aromatic carbocycles. The summed E-state index contributed by atoms with van der Waals surface area (Å²) in [7, 11) is -2.00. The Bertz CT molecular complexity index is 1940. The number of likely N-dealkylation sites (N-methyl/N-ethyl adjacent to an activating group) is 1. The summed E-state index contributed by atoms with van der Waals surface area (Å²) in [5, 5.41) is 5.35. The van der Waals surface area contributed by atoms with Gasteiger partial charge in [0.05, 0.1) is 47.4 Å². The van der Waals surface area contributed by atoms with Crippen molar-refractivity contribution in [3.05, 3.63) is 59.8 Å². The fraction of sp³-hybridized carbons (Fsp3) is 0.394. The third-order valence-electron chi connectivity index (χ3n) is 7.67. The molecule has 0 saturated carbocycles. The molecule has 18 heteroatoms. The summed E-state index contributed by atoms with van der Waals surface area (Å²) < 4.78 is 58.3. The van der Waals surface area contributed by atoms with E-state index in [1.54, 1.807) is 18.2 Å². The van der Waals surface area contributed by atoms with Gasteiger partial charge in [0.1, 0.15) is 35.1 Å². The molecule has 1 aliphatic rings. The number of hydrogen-bond acceptors (Lipinski definition) is 11. The molecule has 3 aromatic rings. The minimum atomic E-state index is -3.36. The predicted octanol–water partition coefficient (Wildman–Crippen LogP) is 2.40. The molecule has 0 unspecified atom stereocenters. The van der Waals surface area contributed by atoms with Gasteiger partial charge in [0.15, 0.2) is 5.82 Å². The smallest absolute Gasteiger partial charge is 0.276 e. The summed E-state index contributed by atoms with van der Waals surface area (Å²) in [4.78, 5) is 59.6. The maximum absolute atomic E-state index is 15.0. The van der Waals surface area contributed by atoms with Crippen LogP contribution in [0.4, 0.5) is 20.4 Å². The molecular formula is C33H40F2N8O7S. The van der Waals surface area contributed by atoms with Crippen LogP contribution in [0.2, 0.25) is 0 Å². The van der Waals surface area contributed by atoms with Gasteiger partial charge in [-0.15, -0.1) is 0 Å². The molecule has 15 nitrogen and oxygen atoms in total. The molecule has 4 atom stereocenters. The zero-order valence-corrected chi connectivity index (χ0v) is 29.3. The van der Waals surface area contributed by atoms with E-state index in [-0.39, 0.29) is 41.9 Å². The van der Waals surface area contributed by atoms with Gasteiger partial charge in [0, 0.05) is 36.7 Å². The normalized spacial score (nSPS) is 15.7. The Balaban J connectivity index is 1.62. The van der Waals surface area contributed by atoms with Crippen molar-refractivity contribution in [1.29, 1.82) is 0 Å². The van der Waals surface area contributed by atoms with Crippen molar-refractivity contribution in [3.8, 4) is 22.8 Å². The Morgan fingerprint density at radius 3 is 2.49 bits per heavy atom. The number of hydrogen-bond donors (Lipinski definition) is 4. The second kappa shape index (κ2) is 16.7. The number of ether oxygens (including phenoxy) is 2. The molecule has 4 amide bonds. The lowest BCUT2D eigenvalue weighted by Gasteiger charge is -2.27. The van der Waals surface area contributed by atoms with Crippen LogP contribution in [0.25, 0.3) is 11.3 Å². The number of rotatable bonds is 9. The largest absolute Gasteiger partial charge is 0.494 e. The lowest BCUT2D eigenvalue weighted by Crippen LogP contribution is -2.53. The summed E-state index contributed by atoms with van der Waals surface area (Å²) in [6.45, 7) is 3.30. The van der Waals surface area contributed by atoms with E-state index in [0.717, 1.165) is 17.2 Å². The molecule has 0 radical (unpaired) electrons. The first-order valence-corrected chi connectivity index (χ1v) is 18.0. The van der Waals surface area contributed by atoms with E-state index in [0.29, 0.717) is 29.8 Å². The summed E-state index contributed by atoms with van der Waals surface area (Å²) in [5.74, 6) is -4.45. The number of amides is 4. The van der Waals surface area contributed by atoms with Crippen LogP contribution in [0.15, 0.2) is 47.0 Å². The highest BCUT2D eigenvalue weighted by molar-refractivity contribution is 7.92. The lowest BCUT2D eigenvalue weighted by atomic mass is 10.1. The first-order chi connectivity index (χ1) is 24.0. The van der Waals surface area contributed by atoms with E-state index in [1.165, 1.54) is 39.3 Å². The van der Waals surface area contributed by atoms with Gasteiger partial charge in [0.25, 0.3) is 5.91 Å². The molecule has 0 fully saturated rings. The molecule has 1 aliphatic heterocycles. The Hall–Kier alpha value is -5.23. The Morgan fingerprint density at radius 2 is 1.80 bits per heavy atom. The predicted molar refractivity (Wildman–Crippen MR) is 184 cm³/mol. The lowest BCUT2D eigenvalue weighted by molar-refractivity contribution is -0.140. The van der Waals surface area contributed by atoms with Crippen LogP contribution in [-0.2, 0) is 34.7 Å². The maximum atomic E-state index is 15.0. The van der Waals surface area contributed by atoms with Crippen molar-refractivity contribution in [2.24, 2.45) is 15.8 Å². The third kappa shape index (κ3) is 10.6. The molecule has 4 bridgehead atoms. The second-order valence-electron chi connectivity index (χ2n) is 12.1. The van der Waals surface area contributed by atoms with Crippen molar-refractivity contribution in [1.82, 2.24) is 20.2 Å². The second-order valence-corrected chi connectivity index (χ2v) is 14.5. The van der Waals surface area contributed by atoms with Gasteiger partial charge in [-0.1, -0.05) is 0 Å². The van der Waals surface area contributed by atoms with E-state index in [4.69, 9.17) is 20.9 Å². The number of nitrogens with one attached hydrogen (secondary N) is 2. The zero-order valence-electron chi connectivity index (χ0n) is 28.5. The van der Waals surface area contributed by atoms with Crippen LogP contribution >= 0.6 is 0 Å². The third-order valence-corrected chi connectivity index (χ3v) is 9.10. The summed E-state index contributed by atoms with van der Waals surface area (Å²) >= 11 is 0. The van der Waals surface area contributed by atoms with Gasteiger partial charge in [-0.3, -0.25) is 19.2 Å². The number of aromatic nitrogens is 2. The van der Waals surface area contributed by atoms with Gasteiger partial charge in [0.2, 0.25) is 23.7 Å². The number of primary amides is 1.